The second kappa shape index (κ2) is 6.43. The van der Waals surface area contributed by atoms with E-state index in [0.717, 1.165) is 4.90 Å². The van der Waals surface area contributed by atoms with Crippen LogP contribution in [-0.2, 0) is 16.1 Å². The summed E-state index contributed by atoms with van der Waals surface area (Å²) in [6.45, 7) is 3.84. The van der Waals surface area contributed by atoms with E-state index in [1.165, 1.54) is 6.26 Å². The molecule has 0 aromatic carbocycles. The molecule has 0 bridgehead atoms. The predicted molar refractivity (Wildman–Crippen MR) is 74.1 cm³/mol. The highest BCUT2D eigenvalue weighted by molar-refractivity contribution is 6.04. The Morgan fingerprint density at radius 1 is 1.48 bits per heavy atom. The normalized spacial score (nSPS) is 18.2. The summed E-state index contributed by atoms with van der Waals surface area (Å²) in [7, 11) is 0. The molecular formula is C14H19N3O4. The molecule has 2 rings (SSSR count). The topological polar surface area (TPSA) is 91.7 Å². The number of furan rings is 1. The molecular weight excluding hydrogens is 274 g/mol. The average molecular weight is 293 g/mol. The maximum atomic E-state index is 12.1. The highest BCUT2D eigenvalue weighted by Crippen LogP contribution is 2.15. The average Bonchev–Trinajstić information content (AvgIpc) is 2.99. The summed E-state index contributed by atoms with van der Waals surface area (Å²) in [5.41, 5.74) is 0. The maximum absolute atomic E-state index is 12.1. The van der Waals surface area contributed by atoms with Gasteiger partial charge in [-0.3, -0.25) is 14.5 Å². The fourth-order valence-electron chi connectivity index (χ4n) is 2.15. The first-order valence-corrected chi connectivity index (χ1v) is 6.91. The first-order valence-electron chi connectivity index (χ1n) is 6.91. The quantitative estimate of drug-likeness (QED) is 0.766. The molecule has 0 spiro atoms. The molecule has 1 aromatic heterocycles. The van der Waals surface area contributed by atoms with Crippen LogP contribution in [0, 0.1) is 0 Å². The molecule has 1 atom stereocenters. The summed E-state index contributed by atoms with van der Waals surface area (Å²) in [5, 5.41) is 5.34. The van der Waals surface area contributed by atoms with Crippen LogP contribution in [0.15, 0.2) is 22.8 Å². The number of carbonyl (C=O) groups excluding carboxylic acids is 3. The zero-order chi connectivity index (χ0) is 15.4. The van der Waals surface area contributed by atoms with E-state index < -0.39 is 12.1 Å². The Balaban J connectivity index is 1.87. The Morgan fingerprint density at radius 3 is 2.86 bits per heavy atom. The fourth-order valence-corrected chi connectivity index (χ4v) is 2.15. The summed E-state index contributed by atoms with van der Waals surface area (Å²) >= 11 is 0. The number of nitrogens with one attached hydrogen (secondary N) is 2. The van der Waals surface area contributed by atoms with Gasteiger partial charge in [0.2, 0.25) is 5.91 Å². The van der Waals surface area contributed by atoms with Gasteiger partial charge in [0.25, 0.3) is 5.91 Å². The molecule has 1 aromatic rings. The molecule has 1 saturated heterocycles. The molecule has 2 N–H and O–H groups in total. The van der Waals surface area contributed by atoms with E-state index in [9.17, 15) is 14.4 Å². The Bertz CT molecular complexity index is 524. The smallest absolute Gasteiger partial charge is 0.325 e. The van der Waals surface area contributed by atoms with Crippen molar-refractivity contribution < 1.29 is 18.8 Å². The van der Waals surface area contributed by atoms with E-state index in [2.05, 4.69) is 10.6 Å². The van der Waals surface area contributed by atoms with Gasteiger partial charge in [-0.25, -0.2) is 4.79 Å². The van der Waals surface area contributed by atoms with Crippen LogP contribution in [0.25, 0.3) is 0 Å². The Morgan fingerprint density at radius 2 is 2.24 bits per heavy atom. The molecule has 1 fully saturated rings. The SMILES string of the molecule is CC(C)NC(=O)CC[C@H]1NC(=O)N(Cc2ccco2)C1=O. The third kappa shape index (κ3) is 3.84. The van der Waals surface area contributed by atoms with Crippen molar-refractivity contribution in [2.75, 3.05) is 0 Å². The van der Waals surface area contributed by atoms with Gasteiger partial charge in [-0.1, -0.05) is 0 Å². The van der Waals surface area contributed by atoms with E-state index in [1.54, 1.807) is 12.1 Å². The zero-order valence-electron chi connectivity index (χ0n) is 12.1. The van der Waals surface area contributed by atoms with Gasteiger partial charge in [0.05, 0.1) is 12.8 Å². The number of rotatable bonds is 6. The largest absolute Gasteiger partial charge is 0.467 e. The molecule has 0 aliphatic carbocycles. The van der Waals surface area contributed by atoms with Crippen LogP contribution in [0.5, 0.6) is 0 Å². The molecule has 4 amide bonds. The molecule has 0 saturated carbocycles. The lowest BCUT2D eigenvalue weighted by Crippen LogP contribution is -2.34. The second-order valence-electron chi connectivity index (χ2n) is 5.27. The van der Waals surface area contributed by atoms with Gasteiger partial charge in [-0.2, -0.15) is 0 Å². The van der Waals surface area contributed by atoms with Gasteiger partial charge < -0.3 is 15.1 Å². The van der Waals surface area contributed by atoms with Crippen molar-refractivity contribution in [3.63, 3.8) is 0 Å². The van der Waals surface area contributed by atoms with Gasteiger partial charge in [0.1, 0.15) is 11.8 Å². The number of hydrogen-bond acceptors (Lipinski definition) is 4. The molecule has 0 unspecified atom stereocenters. The molecule has 21 heavy (non-hydrogen) atoms. The minimum atomic E-state index is -0.648. The van der Waals surface area contributed by atoms with Crippen molar-refractivity contribution in [3.8, 4) is 0 Å². The lowest BCUT2D eigenvalue weighted by Gasteiger charge is -2.12. The number of amides is 4. The third-order valence-corrected chi connectivity index (χ3v) is 3.11. The van der Waals surface area contributed by atoms with Crippen molar-refractivity contribution in [1.29, 1.82) is 0 Å². The summed E-state index contributed by atoms with van der Waals surface area (Å²) in [6, 6.07) is 2.35. The number of urea groups is 1. The predicted octanol–water partition coefficient (Wildman–Crippen LogP) is 1.00. The maximum Gasteiger partial charge on any atom is 0.325 e. The van der Waals surface area contributed by atoms with Crippen LogP contribution >= 0.6 is 0 Å². The van der Waals surface area contributed by atoms with Gasteiger partial charge in [-0.15, -0.1) is 0 Å². The Kier molecular flexibility index (Phi) is 4.62. The summed E-state index contributed by atoms with van der Waals surface area (Å²) in [6.07, 6.45) is 1.97. The monoisotopic (exact) mass is 293 g/mol. The minimum Gasteiger partial charge on any atom is -0.467 e. The molecule has 0 radical (unpaired) electrons. The van der Waals surface area contributed by atoms with Gasteiger partial charge in [-0.05, 0) is 32.4 Å². The highest BCUT2D eigenvalue weighted by atomic mass is 16.3. The van der Waals surface area contributed by atoms with Crippen molar-refractivity contribution in [1.82, 2.24) is 15.5 Å². The van der Waals surface area contributed by atoms with E-state index in [4.69, 9.17) is 4.42 Å². The lowest BCUT2D eigenvalue weighted by atomic mass is 10.1. The zero-order valence-corrected chi connectivity index (χ0v) is 12.1. The number of hydrogen-bond donors (Lipinski definition) is 2. The molecule has 1 aliphatic rings. The number of nitrogens with zero attached hydrogens (tertiary/aromatic N) is 1. The van der Waals surface area contributed by atoms with E-state index in [1.807, 2.05) is 13.8 Å². The Hall–Kier alpha value is -2.31. The van der Waals surface area contributed by atoms with E-state index in [-0.39, 0.29) is 37.2 Å². The summed E-state index contributed by atoms with van der Waals surface area (Å²) in [5.74, 6) is 0.0852. The van der Waals surface area contributed by atoms with Crippen molar-refractivity contribution in [3.05, 3.63) is 24.2 Å². The standard InChI is InChI=1S/C14H19N3O4/c1-9(2)15-12(18)6-5-11-13(19)17(14(20)16-11)8-10-4-3-7-21-10/h3-4,7,9,11H,5-6,8H2,1-2H3,(H,15,18)(H,16,20)/t11-/m1/s1. The molecule has 1 aliphatic heterocycles. The molecule has 7 heteroatoms. The van der Waals surface area contributed by atoms with Crippen LogP contribution in [-0.4, -0.2) is 34.8 Å². The van der Waals surface area contributed by atoms with Gasteiger partial charge in [0.15, 0.2) is 0 Å². The van der Waals surface area contributed by atoms with Crippen molar-refractivity contribution in [2.45, 2.75) is 45.3 Å². The molecule has 7 nitrogen and oxygen atoms in total. The van der Waals surface area contributed by atoms with Crippen LogP contribution in [0.4, 0.5) is 4.79 Å². The molecule has 114 valence electrons. The third-order valence-electron chi connectivity index (χ3n) is 3.11. The lowest BCUT2D eigenvalue weighted by molar-refractivity contribution is -0.128. The fraction of sp³-hybridized carbons (Fsp3) is 0.500. The second-order valence-corrected chi connectivity index (χ2v) is 5.27. The van der Waals surface area contributed by atoms with E-state index in [0.29, 0.717) is 5.76 Å². The van der Waals surface area contributed by atoms with Gasteiger partial charge in [0, 0.05) is 12.5 Å². The first-order chi connectivity index (χ1) is 9.97. The Labute approximate surface area is 122 Å². The van der Waals surface area contributed by atoms with Gasteiger partial charge >= 0.3 is 6.03 Å². The van der Waals surface area contributed by atoms with Crippen molar-refractivity contribution >= 4 is 17.8 Å². The molecule has 2 heterocycles. The van der Waals surface area contributed by atoms with Crippen LogP contribution in [0.1, 0.15) is 32.4 Å². The van der Waals surface area contributed by atoms with Crippen molar-refractivity contribution in [2.24, 2.45) is 0 Å². The number of carbonyl (C=O) groups is 3. The minimum absolute atomic E-state index is 0.0572. The number of imide groups is 1. The highest BCUT2D eigenvalue weighted by Gasteiger charge is 2.38. The van der Waals surface area contributed by atoms with E-state index >= 15 is 0 Å². The summed E-state index contributed by atoms with van der Waals surface area (Å²) in [4.78, 5) is 36.6. The summed E-state index contributed by atoms with van der Waals surface area (Å²) < 4.78 is 5.13. The van der Waals surface area contributed by atoms with Crippen LogP contribution < -0.4 is 10.6 Å². The van der Waals surface area contributed by atoms with Crippen LogP contribution in [0.2, 0.25) is 0 Å². The van der Waals surface area contributed by atoms with Crippen LogP contribution in [0.3, 0.4) is 0 Å². The first kappa shape index (κ1) is 15.1.